The number of carbonyl (C=O) groups excluding carboxylic acids is 1. The first kappa shape index (κ1) is 16.0. The fraction of sp³-hybridized carbons (Fsp3) is 0.615. The topological polar surface area (TPSA) is 87.5 Å². The van der Waals surface area contributed by atoms with Crippen LogP contribution in [0, 0.1) is 6.92 Å². The molecule has 1 heterocycles. The summed E-state index contributed by atoms with van der Waals surface area (Å²) in [5, 5.41) is 15.6. The third-order valence-electron chi connectivity index (χ3n) is 2.93. The van der Waals surface area contributed by atoms with Gasteiger partial charge in [0.05, 0.1) is 11.4 Å². The predicted molar refractivity (Wildman–Crippen MR) is 75.7 cm³/mol. The number of aliphatic carboxylic acids is 1. The molecule has 0 radical (unpaired) electrons. The summed E-state index contributed by atoms with van der Waals surface area (Å²) in [7, 11) is 1.79. The second kappa shape index (κ2) is 6.93. The lowest BCUT2D eigenvalue weighted by atomic mass is 10.2. The molecule has 1 aromatic rings. The quantitative estimate of drug-likeness (QED) is 0.833. The van der Waals surface area contributed by atoms with E-state index >= 15 is 0 Å². The van der Waals surface area contributed by atoms with Crippen molar-refractivity contribution in [1.82, 2.24) is 14.7 Å². The summed E-state index contributed by atoms with van der Waals surface area (Å²) in [5.74, 6) is -0.850. The summed E-state index contributed by atoms with van der Waals surface area (Å²) < 4.78 is 1.63. The standard InChI is InChI=1S/C13H22N4O3/c1-9(2)17(7-5-6-12(18)19)13(20)14-11-8-16(4)15-10(11)3/h8-9H,5-7H2,1-4H3,(H,14,20)(H,18,19). The number of anilines is 1. The Bertz CT molecular complexity index is 482. The third-order valence-corrected chi connectivity index (χ3v) is 2.93. The molecule has 1 rings (SSSR count). The van der Waals surface area contributed by atoms with Gasteiger partial charge in [-0.05, 0) is 27.2 Å². The number of carboxylic acids is 1. The molecule has 0 atom stereocenters. The Hall–Kier alpha value is -2.05. The Morgan fingerprint density at radius 3 is 2.60 bits per heavy atom. The van der Waals surface area contributed by atoms with Crippen LogP contribution < -0.4 is 5.32 Å². The van der Waals surface area contributed by atoms with Crippen LogP contribution in [0.25, 0.3) is 0 Å². The van der Waals surface area contributed by atoms with Gasteiger partial charge >= 0.3 is 12.0 Å². The monoisotopic (exact) mass is 282 g/mol. The molecule has 0 saturated heterocycles. The van der Waals surface area contributed by atoms with Gasteiger partial charge in [-0.2, -0.15) is 5.10 Å². The molecule has 0 fully saturated rings. The lowest BCUT2D eigenvalue weighted by molar-refractivity contribution is -0.137. The van der Waals surface area contributed by atoms with Gasteiger partial charge < -0.3 is 15.3 Å². The minimum atomic E-state index is -0.850. The number of hydrogen-bond acceptors (Lipinski definition) is 3. The highest BCUT2D eigenvalue weighted by Gasteiger charge is 2.18. The Morgan fingerprint density at radius 1 is 1.50 bits per heavy atom. The van der Waals surface area contributed by atoms with Crippen LogP contribution in [0.4, 0.5) is 10.5 Å². The number of carbonyl (C=O) groups is 2. The Labute approximate surface area is 118 Å². The van der Waals surface area contributed by atoms with Crippen molar-refractivity contribution < 1.29 is 14.7 Å². The summed E-state index contributed by atoms with van der Waals surface area (Å²) >= 11 is 0. The second-order valence-corrected chi connectivity index (χ2v) is 5.02. The van der Waals surface area contributed by atoms with Gasteiger partial charge in [0.1, 0.15) is 0 Å². The van der Waals surface area contributed by atoms with Crippen molar-refractivity contribution in [3.05, 3.63) is 11.9 Å². The van der Waals surface area contributed by atoms with Gasteiger partial charge in [0, 0.05) is 32.3 Å². The molecule has 0 aliphatic rings. The molecular weight excluding hydrogens is 260 g/mol. The molecule has 0 bridgehead atoms. The van der Waals surface area contributed by atoms with Crippen molar-refractivity contribution in [1.29, 1.82) is 0 Å². The summed E-state index contributed by atoms with van der Waals surface area (Å²) in [4.78, 5) is 24.4. The van der Waals surface area contributed by atoms with E-state index in [1.54, 1.807) is 22.8 Å². The molecule has 0 unspecified atom stereocenters. The van der Waals surface area contributed by atoms with Crippen molar-refractivity contribution in [2.75, 3.05) is 11.9 Å². The number of urea groups is 1. The van der Waals surface area contributed by atoms with Crippen molar-refractivity contribution in [2.24, 2.45) is 7.05 Å². The summed E-state index contributed by atoms with van der Waals surface area (Å²) in [6.45, 7) is 6.03. The lowest BCUT2D eigenvalue weighted by Gasteiger charge is -2.26. The van der Waals surface area contributed by atoms with Crippen LogP contribution in [0.3, 0.4) is 0 Å². The largest absolute Gasteiger partial charge is 0.481 e. The number of carboxylic acid groups (broad SMARTS) is 1. The molecular formula is C13H22N4O3. The molecule has 20 heavy (non-hydrogen) atoms. The first-order valence-electron chi connectivity index (χ1n) is 6.61. The molecule has 112 valence electrons. The molecule has 0 aliphatic heterocycles. The average molecular weight is 282 g/mol. The van der Waals surface area contributed by atoms with E-state index in [9.17, 15) is 9.59 Å². The van der Waals surface area contributed by atoms with E-state index in [0.29, 0.717) is 18.7 Å². The average Bonchev–Trinajstić information content (AvgIpc) is 2.62. The van der Waals surface area contributed by atoms with Crippen molar-refractivity contribution in [3.63, 3.8) is 0 Å². The van der Waals surface area contributed by atoms with Gasteiger partial charge in [0.15, 0.2) is 0 Å². The van der Waals surface area contributed by atoms with Crippen molar-refractivity contribution in [2.45, 2.75) is 39.7 Å². The second-order valence-electron chi connectivity index (χ2n) is 5.02. The van der Waals surface area contributed by atoms with Crippen LogP contribution in [0.5, 0.6) is 0 Å². The fourth-order valence-corrected chi connectivity index (χ4v) is 1.90. The van der Waals surface area contributed by atoms with E-state index in [4.69, 9.17) is 5.11 Å². The molecule has 2 N–H and O–H groups in total. The Balaban J connectivity index is 2.64. The van der Waals surface area contributed by atoms with E-state index in [0.717, 1.165) is 5.69 Å². The Kier molecular flexibility index (Phi) is 5.54. The molecule has 2 amide bonds. The fourth-order valence-electron chi connectivity index (χ4n) is 1.90. The highest BCUT2D eigenvalue weighted by molar-refractivity contribution is 5.89. The maximum absolute atomic E-state index is 12.2. The van der Waals surface area contributed by atoms with Gasteiger partial charge in [-0.1, -0.05) is 0 Å². The highest BCUT2D eigenvalue weighted by Crippen LogP contribution is 2.13. The van der Waals surface area contributed by atoms with E-state index in [-0.39, 0.29) is 18.5 Å². The van der Waals surface area contributed by atoms with Gasteiger partial charge in [0.2, 0.25) is 0 Å². The number of nitrogens with zero attached hydrogens (tertiary/aromatic N) is 3. The third kappa shape index (κ3) is 4.56. The van der Waals surface area contributed by atoms with Crippen LogP contribution >= 0.6 is 0 Å². The SMILES string of the molecule is Cc1nn(C)cc1NC(=O)N(CCCC(=O)O)C(C)C. The normalized spacial score (nSPS) is 10.7. The number of aromatic nitrogens is 2. The van der Waals surface area contributed by atoms with Gasteiger partial charge in [-0.25, -0.2) is 4.79 Å². The zero-order valence-corrected chi connectivity index (χ0v) is 12.4. The molecule has 7 heteroatoms. The van der Waals surface area contributed by atoms with E-state index in [1.165, 1.54) is 0 Å². The number of rotatable bonds is 6. The van der Waals surface area contributed by atoms with E-state index in [2.05, 4.69) is 10.4 Å². The zero-order chi connectivity index (χ0) is 15.3. The first-order valence-corrected chi connectivity index (χ1v) is 6.61. The minimum Gasteiger partial charge on any atom is -0.481 e. The Morgan fingerprint density at radius 2 is 2.15 bits per heavy atom. The molecule has 7 nitrogen and oxygen atoms in total. The van der Waals surface area contributed by atoms with Crippen LogP contribution in [0.1, 0.15) is 32.4 Å². The molecule has 0 saturated carbocycles. The van der Waals surface area contributed by atoms with Crippen LogP contribution in [0.15, 0.2) is 6.20 Å². The van der Waals surface area contributed by atoms with E-state index < -0.39 is 5.97 Å². The summed E-state index contributed by atoms with van der Waals surface area (Å²) in [6, 6.07) is -0.234. The molecule has 1 aromatic heterocycles. The summed E-state index contributed by atoms with van der Waals surface area (Å²) in [5.41, 5.74) is 1.41. The van der Waals surface area contributed by atoms with Crippen LogP contribution in [0.2, 0.25) is 0 Å². The first-order chi connectivity index (χ1) is 9.31. The number of amides is 2. The molecule has 0 aliphatic carbocycles. The summed E-state index contributed by atoms with van der Waals surface area (Å²) in [6.07, 6.45) is 2.23. The smallest absolute Gasteiger partial charge is 0.322 e. The maximum atomic E-state index is 12.2. The van der Waals surface area contributed by atoms with Gasteiger partial charge in [-0.15, -0.1) is 0 Å². The minimum absolute atomic E-state index is 0.000715. The predicted octanol–water partition coefficient (Wildman–Crippen LogP) is 1.84. The maximum Gasteiger partial charge on any atom is 0.322 e. The van der Waals surface area contributed by atoms with E-state index in [1.807, 2.05) is 20.8 Å². The highest BCUT2D eigenvalue weighted by atomic mass is 16.4. The van der Waals surface area contributed by atoms with Gasteiger partial charge in [0.25, 0.3) is 0 Å². The van der Waals surface area contributed by atoms with Gasteiger partial charge in [-0.3, -0.25) is 9.48 Å². The number of nitrogens with one attached hydrogen (secondary N) is 1. The van der Waals surface area contributed by atoms with Crippen LogP contribution in [-0.2, 0) is 11.8 Å². The lowest BCUT2D eigenvalue weighted by Crippen LogP contribution is -2.40. The van der Waals surface area contributed by atoms with Crippen LogP contribution in [-0.4, -0.2) is 44.4 Å². The van der Waals surface area contributed by atoms with Crippen molar-refractivity contribution in [3.8, 4) is 0 Å². The zero-order valence-electron chi connectivity index (χ0n) is 12.4. The number of hydrogen-bond donors (Lipinski definition) is 2. The van der Waals surface area contributed by atoms with Crippen molar-refractivity contribution >= 4 is 17.7 Å². The number of aryl methyl sites for hydroxylation is 2. The molecule has 0 aromatic carbocycles. The molecule has 0 spiro atoms.